The fourth-order valence-electron chi connectivity index (χ4n) is 2.74. The molecule has 26 heavy (non-hydrogen) atoms. The highest BCUT2D eigenvalue weighted by atomic mass is 32.2. The van der Waals surface area contributed by atoms with Crippen LogP contribution in [0.5, 0.6) is 0 Å². The summed E-state index contributed by atoms with van der Waals surface area (Å²) in [6.45, 7) is 3.98. The molecule has 3 rings (SSSR count). The first kappa shape index (κ1) is 19.1. The van der Waals surface area contributed by atoms with Crippen molar-refractivity contribution in [2.24, 2.45) is 0 Å². The lowest BCUT2D eigenvalue weighted by Gasteiger charge is -2.32. The fraction of sp³-hybridized carbons (Fsp3) is 0.471. The topological polar surface area (TPSA) is 69.0 Å². The number of carbonyl (C=O) groups excluding carboxylic acids is 2. The molecular formula is C17H22N4O3S2. The van der Waals surface area contributed by atoms with Crippen molar-refractivity contribution in [1.82, 2.24) is 20.2 Å². The SMILES string of the molecule is CN1CCN(NC(=O)CCCN2C(=O)/C(=C\c3ccco3)SC2=S)CC1. The molecule has 1 N–H and O–H groups in total. The number of amides is 2. The van der Waals surface area contributed by atoms with Crippen molar-refractivity contribution in [3.63, 3.8) is 0 Å². The summed E-state index contributed by atoms with van der Waals surface area (Å²) >= 11 is 6.56. The van der Waals surface area contributed by atoms with Crippen molar-refractivity contribution < 1.29 is 14.0 Å². The van der Waals surface area contributed by atoms with Crippen molar-refractivity contribution >= 4 is 46.2 Å². The van der Waals surface area contributed by atoms with E-state index in [0.717, 1.165) is 26.2 Å². The zero-order chi connectivity index (χ0) is 18.5. The second kappa shape index (κ2) is 8.81. The molecule has 0 saturated carbocycles. The summed E-state index contributed by atoms with van der Waals surface area (Å²) in [5.41, 5.74) is 2.93. The molecule has 0 radical (unpaired) electrons. The smallest absolute Gasteiger partial charge is 0.266 e. The molecule has 3 heterocycles. The minimum atomic E-state index is -0.129. The molecule has 7 nitrogen and oxygen atoms in total. The Morgan fingerprint density at radius 1 is 1.38 bits per heavy atom. The van der Waals surface area contributed by atoms with E-state index in [1.54, 1.807) is 29.4 Å². The lowest BCUT2D eigenvalue weighted by molar-refractivity contribution is -0.127. The van der Waals surface area contributed by atoms with Gasteiger partial charge in [-0.3, -0.25) is 19.9 Å². The first-order valence-electron chi connectivity index (χ1n) is 8.55. The van der Waals surface area contributed by atoms with Crippen LogP contribution in [0.15, 0.2) is 27.7 Å². The van der Waals surface area contributed by atoms with Crippen LogP contribution < -0.4 is 5.43 Å². The number of hydrogen-bond acceptors (Lipinski definition) is 7. The maximum atomic E-state index is 12.5. The maximum absolute atomic E-state index is 12.5. The number of piperazine rings is 1. The summed E-state index contributed by atoms with van der Waals surface area (Å²) in [5.74, 6) is 0.471. The Labute approximate surface area is 162 Å². The van der Waals surface area contributed by atoms with Gasteiger partial charge in [0.25, 0.3) is 5.91 Å². The number of rotatable bonds is 6. The monoisotopic (exact) mass is 394 g/mol. The summed E-state index contributed by atoms with van der Waals surface area (Å²) in [4.78, 5) is 28.9. The molecule has 140 valence electrons. The molecule has 0 unspecified atom stereocenters. The lowest BCUT2D eigenvalue weighted by atomic mass is 10.2. The molecule has 1 aromatic rings. The van der Waals surface area contributed by atoms with E-state index >= 15 is 0 Å². The van der Waals surface area contributed by atoms with E-state index in [1.807, 2.05) is 5.01 Å². The van der Waals surface area contributed by atoms with Gasteiger partial charge in [0.2, 0.25) is 5.91 Å². The average Bonchev–Trinajstić information content (AvgIpc) is 3.21. The Hall–Kier alpha value is -1.68. The largest absolute Gasteiger partial charge is 0.465 e. The van der Waals surface area contributed by atoms with Crippen LogP contribution in [0.25, 0.3) is 6.08 Å². The van der Waals surface area contributed by atoms with Gasteiger partial charge in [-0.1, -0.05) is 24.0 Å². The van der Waals surface area contributed by atoms with Crippen LogP contribution in [-0.4, -0.2) is 70.7 Å². The lowest BCUT2D eigenvalue weighted by Crippen LogP contribution is -2.52. The summed E-state index contributed by atoms with van der Waals surface area (Å²) in [5, 5.41) is 1.95. The van der Waals surface area contributed by atoms with Gasteiger partial charge >= 0.3 is 0 Å². The van der Waals surface area contributed by atoms with E-state index in [-0.39, 0.29) is 11.8 Å². The first-order valence-corrected chi connectivity index (χ1v) is 9.77. The van der Waals surface area contributed by atoms with Gasteiger partial charge in [0, 0.05) is 45.2 Å². The average molecular weight is 395 g/mol. The van der Waals surface area contributed by atoms with E-state index in [2.05, 4.69) is 17.4 Å². The van der Waals surface area contributed by atoms with Gasteiger partial charge in [-0.2, -0.15) is 0 Å². The predicted octanol–water partition coefficient (Wildman–Crippen LogP) is 1.54. The fourth-order valence-corrected chi connectivity index (χ4v) is 4.03. The third-order valence-electron chi connectivity index (χ3n) is 4.26. The van der Waals surface area contributed by atoms with Gasteiger partial charge in [-0.25, -0.2) is 5.01 Å². The molecule has 2 amide bonds. The molecule has 1 aromatic heterocycles. The van der Waals surface area contributed by atoms with Crippen LogP contribution >= 0.6 is 24.0 Å². The molecule has 2 aliphatic heterocycles. The minimum absolute atomic E-state index is 0.0221. The van der Waals surface area contributed by atoms with Crippen LogP contribution in [0, 0.1) is 0 Å². The predicted molar refractivity (Wildman–Crippen MR) is 105 cm³/mol. The van der Waals surface area contributed by atoms with E-state index in [1.165, 1.54) is 11.8 Å². The molecule has 9 heteroatoms. The van der Waals surface area contributed by atoms with Gasteiger partial charge < -0.3 is 9.32 Å². The van der Waals surface area contributed by atoms with Crippen LogP contribution in [0.1, 0.15) is 18.6 Å². The zero-order valence-electron chi connectivity index (χ0n) is 14.6. The van der Waals surface area contributed by atoms with Crippen molar-refractivity contribution in [2.45, 2.75) is 12.8 Å². The maximum Gasteiger partial charge on any atom is 0.266 e. The summed E-state index contributed by atoms with van der Waals surface area (Å²) < 4.78 is 5.76. The van der Waals surface area contributed by atoms with Crippen molar-refractivity contribution in [3.8, 4) is 0 Å². The summed E-state index contributed by atoms with van der Waals surface area (Å²) in [6, 6.07) is 3.56. The number of nitrogens with one attached hydrogen (secondary N) is 1. The summed E-state index contributed by atoms with van der Waals surface area (Å²) in [7, 11) is 2.07. The number of thiocarbonyl (C=S) groups is 1. The normalized spacial score (nSPS) is 21.0. The Morgan fingerprint density at radius 3 is 2.85 bits per heavy atom. The highest BCUT2D eigenvalue weighted by Crippen LogP contribution is 2.32. The number of thioether (sulfide) groups is 1. The molecule has 0 atom stereocenters. The van der Waals surface area contributed by atoms with Gasteiger partial charge in [-0.15, -0.1) is 0 Å². The Kier molecular flexibility index (Phi) is 6.47. The minimum Gasteiger partial charge on any atom is -0.465 e. The Balaban J connectivity index is 1.43. The van der Waals surface area contributed by atoms with Crippen LogP contribution in [-0.2, 0) is 9.59 Å². The number of hydrogen-bond donors (Lipinski definition) is 1. The zero-order valence-corrected chi connectivity index (χ0v) is 16.3. The van der Waals surface area contributed by atoms with Crippen LogP contribution in [0.3, 0.4) is 0 Å². The van der Waals surface area contributed by atoms with Crippen molar-refractivity contribution in [3.05, 3.63) is 29.1 Å². The molecule has 0 spiro atoms. The second-order valence-corrected chi connectivity index (χ2v) is 7.95. The third kappa shape index (κ3) is 4.94. The highest BCUT2D eigenvalue weighted by Gasteiger charge is 2.31. The van der Waals surface area contributed by atoms with Gasteiger partial charge in [-0.05, 0) is 25.6 Å². The van der Waals surface area contributed by atoms with Crippen molar-refractivity contribution in [2.75, 3.05) is 39.8 Å². The molecule has 2 fully saturated rings. The number of likely N-dealkylation sites (N-methyl/N-ethyl adjacent to an activating group) is 1. The quantitative estimate of drug-likeness (QED) is 0.580. The standard InChI is InChI=1S/C17H22N4O3S2/c1-19-7-9-20(10-8-19)18-15(22)5-2-6-21-16(23)14(26-17(21)25)12-13-4-3-11-24-13/h3-4,11-12H,2,5-10H2,1H3,(H,18,22)/b14-12+. The number of furan rings is 1. The van der Waals surface area contributed by atoms with Gasteiger partial charge in [0.15, 0.2) is 0 Å². The molecule has 2 saturated heterocycles. The van der Waals surface area contributed by atoms with Gasteiger partial charge in [0.1, 0.15) is 10.1 Å². The molecule has 0 aliphatic carbocycles. The van der Waals surface area contributed by atoms with E-state index < -0.39 is 0 Å². The number of carbonyl (C=O) groups is 2. The van der Waals surface area contributed by atoms with Crippen LogP contribution in [0.2, 0.25) is 0 Å². The Bertz CT molecular complexity index is 697. The van der Waals surface area contributed by atoms with E-state index in [9.17, 15) is 9.59 Å². The van der Waals surface area contributed by atoms with E-state index in [0.29, 0.717) is 34.4 Å². The van der Waals surface area contributed by atoms with Crippen LogP contribution in [0.4, 0.5) is 0 Å². The molecular weight excluding hydrogens is 372 g/mol. The number of hydrazine groups is 1. The molecule has 0 aromatic carbocycles. The first-order chi connectivity index (χ1) is 12.5. The molecule has 2 aliphatic rings. The van der Waals surface area contributed by atoms with Gasteiger partial charge in [0.05, 0.1) is 11.2 Å². The Morgan fingerprint density at radius 2 is 2.15 bits per heavy atom. The second-order valence-electron chi connectivity index (χ2n) is 6.28. The molecule has 0 bridgehead atoms. The highest BCUT2D eigenvalue weighted by molar-refractivity contribution is 8.26. The summed E-state index contributed by atoms with van der Waals surface area (Å²) in [6.07, 6.45) is 4.19. The van der Waals surface area contributed by atoms with E-state index in [4.69, 9.17) is 16.6 Å². The van der Waals surface area contributed by atoms with Crippen molar-refractivity contribution in [1.29, 1.82) is 0 Å². The third-order valence-corrected chi connectivity index (χ3v) is 5.64. The number of nitrogens with zero attached hydrogens (tertiary/aromatic N) is 3.